The van der Waals surface area contributed by atoms with E-state index in [1.165, 1.54) is 24.3 Å². The lowest BCUT2D eigenvalue weighted by Crippen LogP contribution is -2.55. The largest absolute Gasteiger partial charge is 0.416 e. The first-order valence-corrected chi connectivity index (χ1v) is 9.84. The highest BCUT2D eigenvalue weighted by Gasteiger charge is 2.42. The van der Waals surface area contributed by atoms with Gasteiger partial charge in [-0.1, -0.05) is 0 Å². The molecule has 1 heterocycles. The molecule has 0 aromatic heterocycles. The molecule has 1 fully saturated rings. The number of nitrogen functional groups attached to an aromatic ring is 1. The van der Waals surface area contributed by atoms with Gasteiger partial charge in [-0.2, -0.15) is 26.3 Å². The average molecular weight is 504 g/mol. The van der Waals surface area contributed by atoms with E-state index in [4.69, 9.17) is 15.9 Å². The number of anilines is 2. The zero-order valence-corrected chi connectivity index (χ0v) is 17.6. The first-order valence-electron chi connectivity index (χ1n) is 9.84. The lowest BCUT2D eigenvalue weighted by Gasteiger charge is -2.34. The molecular formula is C21H18F6N4O4. The lowest BCUT2D eigenvalue weighted by atomic mass is 10.1. The van der Waals surface area contributed by atoms with Crippen molar-refractivity contribution in [2.45, 2.75) is 24.6 Å². The highest BCUT2D eigenvalue weighted by molar-refractivity contribution is 6.04. The highest BCUT2D eigenvalue weighted by Crippen LogP contribution is 2.39. The van der Waals surface area contributed by atoms with E-state index >= 15 is 0 Å². The second kappa shape index (κ2) is 9.54. The van der Waals surface area contributed by atoms with Gasteiger partial charge in [0.05, 0.1) is 17.7 Å². The number of benzene rings is 2. The van der Waals surface area contributed by atoms with Gasteiger partial charge in [0.1, 0.15) is 5.84 Å². The Morgan fingerprint density at radius 3 is 2.11 bits per heavy atom. The van der Waals surface area contributed by atoms with Crippen LogP contribution in [0.3, 0.4) is 0 Å². The number of amides is 2. The highest BCUT2D eigenvalue weighted by atomic mass is 19.4. The zero-order valence-electron chi connectivity index (χ0n) is 17.6. The standard InChI is InChI=1S/C21H18F6N4O4/c22-20(23,24)11-7-12(21(25,26)27)9-14(8-11)31-5-6-35-16(19(31)34)15(32)18(33)30-13-3-1-10(2-4-13)17(28)29/h1-4,7-9,15-16,32H,5-6H2,(H3,28,29)(H,30,33)/t15-,16-/m1/s1. The minimum absolute atomic E-state index is 0.0778. The molecule has 1 aliphatic heterocycles. The summed E-state index contributed by atoms with van der Waals surface area (Å²) in [5, 5.41) is 20.0. The SMILES string of the molecule is N=C(N)c1ccc(NC(=O)[C@H](O)[C@H]2OCCN(c3cc(C(F)(F)F)cc(C(F)(F)F)c3)C2=O)cc1. The van der Waals surface area contributed by atoms with Gasteiger partial charge in [0.15, 0.2) is 12.2 Å². The Morgan fingerprint density at radius 2 is 1.63 bits per heavy atom. The number of hydrogen-bond acceptors (Lipinski definition) is 5. The summed E-state index contributed by atoms with van der Waals surface area (Å²) in [6.45, 7) is -0.777. The maximum Gasteiger partial charge on any atom is 0.416 e. The van der Waals surface area contributed by atoms with Gasteiger partial charge in [-0.15, -0.1) is 0 Å². The fourth-order valence-corrected chi connectivity index (χ4v) is 3.27. The van der Waals surface area contributed by atoms with Gasteiger partial charge in [0, 0.05) is 23.5 Å². The zero-order chi connectivity index (χ0) is 26.1. The Morgan fingerprint density at radius 1 is 1.09 bits per heavy atom. The average Bonchev–Trinajstić information content (AvgIpc) is 2.77. The molecule has 0 saturated carbocycles. The monoisotopic (exact) mass is 504 g/mol. The van der Waals surface area contributed by atoms with E-state index in [0.717, 1.165) is 0 Å². The van der Waals surface area contributed by atoms with Crippen LogP contribution in [0.5, 0.6) is 0 Å². The molecule has 0 unspecified atom stereocenters. The van der Waals surface area contributed by atoms with Crippen LogP contribution in [-0.4, -0.2) is 48.1 Å². The number of aliphatic hydroxyl groups is 1. The Balaban J connectivity index is 1.83. The summed E-state index contributed by atoms with van der Waals surface area (Å²) in [4.78, 5) is 25.8. The number of carbonyl (C=O) groups is 2. The molecule has 35 heavy (non-hydrogen) atoms. The number of aliphatic hydroxyl groups excluding tert-OH is 1. The van der Waals surface area contributed by atoms with E-state index in [-0.39, 0.29) is 24.2 Å². The van der Waals surface area contributed by atoms with E-state index in [9.17, 15) is 41.0 Å². The molecule has 2 amide bonds. The number of morpholine rings is 1. The number of carbonyl (C=O) groups excluding carboxylic acids is 2. The number of halogens is 6. The van der Waals surface area contributed by atoms with Crippen LogP contribution in [0.1, 0.15) is 16.7 Å². The molecule has 2 aromatic rings. The normalized spacial score (nSPS) is 17.7. The predicted molar refractivity (Wildman–Crippen MR) is 111 cm³/mol. The Labute approximate surface area is 193 Å². The minimum atomic E-state index is -5.12. The van der Waals surface area contributed by atoms with E-state index in [0.29, 0.717) is 22.6 Å². The third kappa shape index (κ3) is 5.89. The number of amidine groups is 1. The van der Waals surface area contributed by atoms with Crippen LogP contribution in [0.15, 0.2) is 42.5 Å². The van der Waals surface area contributed by atoms with Crippen LogP contribution in [0.2, 0.25) is 0 Å². The van der Waals surface area contributed by atoms with Crippen LogP contribution < -0.4 is 16.0 Å². The predicted octanol–water partition coefficient (Wildman–Crippen LogP) is 2.74. The lowest BCUT2D eigenvalue weighted by molar-refractivity contribution is -0.150. The van der Waals surface area contributed by atoms with Gasteiger partial charge in [0.2, 0.25) is 0 Å². The molecule has 1 aliphatic rings. The number of hydrogen-bond donors (Lipinski definition) is 4. The van der Waals surface area contributed by atoms with Crippen molar-refractivity contribution in [1.29, 1.82) is 5.41 Å². The topological polar surface area (TPSA) is 129 Å². The van der Waals surface area contributed by atoms with Gasteiger partial charge >= 0.3 is 12.4 Å². The number of nitrogens with zero attached hydrogens (tertiary/aromatic N) is 1. The van der Waals surface area contributed by atoms with E-state index in [1.807, 2.05) is 0 Å². The summed E-state index contributed by atoms with van der Waals surface area (Å²) < 4.78 is 84.2. The van der Waals surface area contributed by atoms with Crippen molar-refractivity contribution in [2.75, 3.05) is 23.4 Å². The fourth-order valence-electron chi connectivity index (χ4n) is 3.27. The summed E-state index contributed by atoms with van der Waals surface area (Å²) in [6, 6.07) is 6.19. The third-order valence-corrected chi connectivity index (χ3v) is 5.02. The van der Waals surface area contributed by atoms with E-state index in [2.05, 4.69) is 5.32 Å². The number of nitrogens with two attached hydrogens (primary N) is 1. The second-order valence-corrected chi connectivity index (χ2v) is 7.47. The Kier molecular flexibility index (Phi) is 7.08. The minimum Gasteiger partial charge on any atom is -0.384 e. The maximum atomic E-state index is 13.2. The van der Waals surface area contributed by atoms with Crippen molar-refractivity contribution in [2.24, 2.45) is 5.73 Å². The van der Waals surface area contributed by atoms with Crippen LogP contribution in [-0.2, 0) is 26.7 Å². The second-order valence-electron chi connectivity index (χ2n) is 7.47. The number of nitrogens with one attached hydrogen (secondary N) is 2. The molecule has 5 N–H and O–H groups in total. The van der Waals surface area contributed by atoms with Crippen molar-refractivity contribution in [3.05, 3.63) is 59.2 Å². The molecule has 2 atom stereocenters. The van der Waals surface area contributed by atoms with Crippen molar-refractivity contribution < 1.29 is 45.8 Å². The number of alkyl halides is 6. The number of ether oxygens (including phenoxy) is 1. The summed E-state index contributed by atoms with van der Waals surface area (Å²) in [7, 11) is 0. The van der Waals surface area contributed by atoms with Crippen LogP contribution >= 0.6 is 0 Å². The third-order valence-electron chi connectivity index (χ3n) is 5.02. The molecule has 0 aliphatic carbocycles. The van der Waals surface area contributed by atoms with Gasteiger partial charge in [-0.25, -0.2) is 0 Å². The van der Waals surface area contributed by atoms with Gasteiger partial charge in [0.25, 0.3) is 11.8 Å². The summed E-state index contributed by atoms with van der Waals surface area (Å²) in [5.74, 6) is -2.54. The Hall–Kier alpha value is -3.65. The first-order chi connectivity index (χ1) is 16.2. The van der Waals surface area contributed by atoms with E-state index < -0.39 is 59.7 Å². The van der Waals surface area contributed by atoms with Crippen LogP contribution in [0.25, 0.3) is 0 Å². The van der Waals surface area contributed by atoms with Gasteiger partial charge in [-0.05, 0) is 42.5 Å². The van der Waals surface area contributed by atoms with Crippen molar-refractivity contribution in [3.8, 4) is 0 Å². The molecule has 2 aromatic carbocycles. The molecule has 0 bridgehead atoms. The van der Waals surface area contributed by atoms with Crippen LogP contribution in [0.4, 0.5) is 37.7 Å². The molecule has 188 valence electrons. The summed E-state index contributed by atoms with van der Waals surface area (Å²) in [5.41, 5.74) is 1.89. The van der Waals surface area contributed by atoms with Gasteiger partial charge < -0.3 is 25.8 Å². The molecule has 0 spiro atoms. The molecule has 0 radical (unpaired) electrons. The van der Waals surface area contributed by atoms with Crippen molar-refractivity contribution >= 4 is 29.0 Å². The molecule has 14 heteroatoms. The molecular weight excluding hydrogens is 486 g/mol. The summed E-state index contributed by atoms with van der Waals surface area (Å²) >= 11 is 0. The molecule has 3 rings (SSSR count). The van der Waals surface area contributed by atoms with Crippen molar-refractivity contribution in [1.82, 2.24) is 0 Å². The molecule has 8 nitrogen and oxygen atoms in total. The van der Waals surface area contributed by atoms with Gasteiger partial charge in [-0.3, -0.25) is 15.0 Å². The summed E-state index contributed by atoms with van der Waals surface area (Å²) in [6.07, 6.45) is -14.3. The van der Waals surface area contributed by atoms with Crippen molar-refractivity contribution in [3.63, 3.8) is 0 Å². The maximum absolute atomic E-state index is 13.2. The fraction of sp³-hybridized carbons (Fsp3) is 0.286. The van der Waals surface area contributed by atoms with E-state index in [1.54, 1.807) is 0 Å². The number of rotatable bonds is 5. The quantitative estimate of drug-likeness (QED) is 0.283. The smallest absolute Gasteiger partial charge is 0.384 e. The molecule has 1 saturated heterocycles. The Bertz CT molecular complexity index is 1100. The first kappa shape index (κ1) is 26.0. The van der Waals surface area contributed by atoms with Crippen LogP contribution in [0, 0.1) is 5.41 Å².